The molecule has 14 heavy (non-hydrogen) atoms. The summed E-state index contributed by atoms with van der Waals surface area (Å²) < 4.78 is 4.42. The average Bonchev–Trinajstić information content (AvgIpc) is 2.02. The Morgan fingerprint density at radius 3 is 1.64 bits per heavy atom. The minimum Gasteiger partial charge on any atom is -0.649 e. The minimum absolute atomic E-state index is 0. The molecule has 0 saturated heterocycles. The Morgan fingerprint density at radius 1 is 1.29 bits per heavy atom. The molecule has 0 N–H and O–H groups in total. The van der Waals surface area contributed by atoms with E-state index < -0.39 is 0 Å². The predicted octanol–water partition coefficient (Wildman–Crippen LogP) is -0.0564. The van der Waals surface area contributed by atoms with Gasteiger partial charge in [-0.3, -0.25) is 0 Å². The van der Waals surface area contributed by atoms with Gasteiger partial charge in [0.05, 0.1) is 5.60 Å². The third-order valence-electron chi connectivity index (χ3n) is 1.33. The van der Waals surface area contributed by atoms with Gasteiger partial charge < -0.3 is 23.4 Å². The van der Waals surface area contributed by atoms with Gasteiger partial charge in [0.1, 0.15) is 0 Å². The maximum atomic E-state index is 9.47. The van der Waals surface area contributed by atoms with Gasteiger partial charge in [0.15, 0.2) is 0 Å². The second kappa shape index (κ2) is 11.1. The van der Waals surface area contributed by atoms with E-state index in [-0.39, 0.29) is 24.5 Å². The van der Waals surface area contributed by atoms with Crippen molar-refractivity contribution in [1.29, 1.82) is 0 Å². The molecule has 0 aromatic heterocycles. The van der Waals surface area contributed by atoms with Crippen molar-refractivity contribution < 1.29 is 28.4 Å². The van der Waals surface area contributed by atoms with Crippen molar-refractivity contribution >= 4 is 6.47 Å². The van der Waals surface area contributed by atoms with E-state index in [0.717, 1.165) is 12.8 Å². The Bertz CT molecular complexity index is 115. The van der Waals surface area contributed by atoms with Crippen LogP contribution in [0.1, 0.15) is 40.5 Å². The summed E-state index contributed by atoms with van der Waals surface area (Å²) in [5.41, 5.74) is -0.373. The minimum atomic E-state index is -0.373. The van der Waals surface area contributed by atoms with Crippen molar-refractivity contribution in [2.24, 2.45) is 5.92 Å². The van der Waals surface area contributed by atoms with Crippen LogP contribution >= 0.6 is 0 Å². The SMILES string of the molecule is CC(C)(C)O[C-]=O.[CH2-]CC(C)C[CH2-].[Li+]. The Labute approximate surface area is 101 Å². The molecule has 0 aliphatic rings. The number of ether oxygens (including phenoxy) is 1. The first-order valence-electron chi connectivity index (χ1n) is 4.51. The Balaban J connectivity index is -0.000000163. The maximum absolute atomic E-state index is 9.47. The number of hydrogen-bond donors (Lipinski definition) is 0. The van der Waals surface area contributed by atoms with Crippen molar-refractivity contribution in [2.45, 2.75) is 46.1 Å². The van der Waals surface area contributed by atoms with Crippen LogP contribution in [0.5, 0.6) is 0 Å². The van der Waals surface area contributed by atoms with Gasteiger partial charge in [-0.05, 0) is 20.8 Å². The van der Waals surface area contributed by atoms with Gasteiger partial charge in [-0.15, -0.1) is 0 Å². The zero-order chi connectivity index (χ0) is 10.9. The first kappa shape index (κ1) is 19.6. The zero-order valence-corrected chi connectivity index (χ0v) is 10.2. The normalized spacial score (nSPS) is 9.64. The average molecular weight is 192 g/mol. The van der Waals surface area contributed by atoms with Gasteiger partial charge in [-0.1, -0.05) is 19.3 Å². The fourth-order valence-electron chi connectivity index (χ4n) is 0.269. The first-order chi connectivity index (χ1) is 5.87. The quantitative estimate of drug-likeness (QED) is 0.462. The molecule has 0 amide bonds. The molecule has 0 radical (unpaired) electrons. The van der Waals surface area contributed by atoms with E-state index in [9.17, 15) is 4.79 Å². The van der Waals surface area contributed by atoms with Gasteiger partial charge >= 0.3 is 18.9 Å². The molecule has 0 rings (SSSR count). The summed E-state index contributed by atoms with van der Waals surface area (Å²) in [4.78, 5) is 9.47. The van der Waals surface area contributed by atoms with Crippen LogP contribution in [0, 0.1) is 19.8 Å². The van der Waals surface area contributed by atoms with E-state index in [1.54, 1.807) is 20.8 Å². The summed E-state index contributed by atoms with van der Waals surface area (Å²) >= 11 is 0. The van der Waals surface area contributed by atoms with Gasteiger partial charge in [-0.25, -0.2) is 0 Å². The largest absolute Gasteiger partial charge is 1.00 e. The van der Waals surface area contributed by atoms with E-state index in [1.165, 1.54) is 6.47 Å². The molecule has 0 saturated carbocycles. The molecule has 0 unspecified atom stereocenters. The molecule has 0 spiro atoms. The molecule has 0 bridgehead atoms. The van der Waals surface area contributed by atoms with E-state index in [4.69, 9.17) is 0 Å². The van der Waals surface area contributed by atoms with Gasteiger partial charge in [0, 0.05) is 0 Å². The third kappa shape index (κ3) is 22.7. The summed E-state index contributed by atoms with van der Waals surface area (Å²) in [5.74, 6) is 0.713. The molecule has 0 fully saturated rings. The van der Waals surface area contributed by atoms with Crippen LogP contribution in [0.4, 0.5) is 0 Å². The van der Waals surface area contributed by atoms with Crippen molar-refractivity contribution in [3.8, 4) is 0 Å². The molecule has 0 aliphatic heterocycles. The van der Waals surface area contributed by atoms with Crippen LogP contribution in [0.15, 0.2) is 0 Å². The van der Waals surface area contributed by atoms with Gasteiger partial charge in [0.2, 0.25) is 0 Å². The number of carbonyl (C=O) groups excluding carboxylic acids is 1. The monoisotopic (exact) mass is 192 g/mol. The molecule has 0 aliphatic carbocycles. The summed E-state index contributed by atoms with van der Waals surface area (Å²) in [6.45, 7) is 16.3. The summed E-state index contributed by atoms with van der Waals surface area (Å²) in [6, 6.07) is 0. The third-order valence-corrected chi connectivity index (χ3v) is 1.33. The van der Waals surface area contributed by atoms with Crippen LogP contribution < -0.4 is 18.9 Å². The summed E-state index contributed by atoms with van der Waals surface area (Å²) in [7, 11) is 0. The van der Waals surface area contributed by atoms with Crippen LogP contribution in [0.2, 0.25) is 0 Å². The fourth-order valence-corrected chi connectivity index (χ4v) is 0.269. The second-order valence-corrected chi connectivity index (χ2v) is 3.98. The Morgan fingerprint density at radius 2 is 1.64 bits per heavy atom. The molecule has 0 heterocycles. The molecule has 0 aromatic carbocycles. The van der Waals surface area contributed by atoms with E-state index in [2.05, 4.69) is 25.5 Å². The topological polar surface area (TPSA) is 26.3 Å². The van der Waals surface area contributed by atoms with Gasteiger partial charge in [0.25, 0.3) is 0 Å². The molecule has 80 valence electrons. The van der Waals surface area contributed by atoms with Crippen molar-refractivity contribution in [1.82, 2.24) is 0 Å². The Hall–Kier alpha value is 0.0674. The summed E-state index contributed by atoms with van der Waals surface area (Å²) in [6.07, 6.45) is 2.03. The van der Waals surface area contributed by atoms with Crippen LogP contribution in [0.25, 0.3) is 0 Å². The standard InChI is InChI=1S/C6H12.C5H9O2.Li/c1-4-6(3)5-2;1-5(2,3)7-4-6;/h6H,1-2,4-5H2,3H3;1-3H3;/q-2;-1;+1. The predicted molar refractivity (Wildman–Crippen MR) is 55.6 cm³/mol. The Kier molecular flexibility index (Phi) is 15.6. The molecule has 2 nitrogen and oxygen atoms in total. The van der Waals surface area contributed by atoms with Crippen molar-refractivity contribution in [3.63, 3.8) is 0 Å². The second-order valence-electron chi connectivity index (χ2n) is 3.98. The van der Waals surface area contributed by atoms with E-state index >= 15 is 0 Å². The van der Waals surface area contributed by atoms with Gasteiger partial charge in [-0.2, -0.15) is 12.8 Å². The molecular weight excluding hydrogens is 171 g/mol. The van der Waals surface area contributed by atoms with Crippen molar-refractivity contribution in [2.75, 3.05) is 0 Å². The zero-order valence-electron chi connectivity index (χ0n) is 10.2. The first-order valence-corrected chi connectivity index (χ1v) is 4.51. The number of rotatable bonds is 3. The van der Waals surface area contributed by atoms with E-state index in [0.29, 0.717) is 5.92 Å². The summed E-state index contributed by atoms with van der Waals surface area (Å²) in [5, 5.41) is 0. The van der Waals surface area contributed by atoms with Crippen LogP contribution in [-0.2, 0) is 9.53 Å². The molecule has 0 atom stereocenters. The van der Waals surface area contributed by atoms with Crippen LogP contribution in [0.3, 0.4) is 0 Å². The van der Waals surface area contributed by atoms with Crippen molar-refractivity contribution in [3.05, 3.63) is 13.8 Å². The van der Waals surface area contributed by atoms with Crippen LogP contribution in [-0.4, -0.2) is 12.1 Å². The fraction of sp³-hybridized carbons (Fsp3) is 0.727. The molecule has 3 heteroatoms. The number of hydrogen-bond acceptors (Lipinski definition) is 2. The molecular formula is C11H21LiO2-2. The molecule has 0 aromatic rings. The maximum Gasteiger partial charge on any atom is 1.00 e. The smallest absolute Gasteiger partial charge is 0.649 e. The van der Waals surface area contributed by atoms with E-state index in [1.807, 2.05) is 0 Å².